The van der Waals surface area contributed by atoms with Gasteiger partial charge < -0.3 is 15.7 Å². The van der Waals surface area contributed by atoms with Crippen LogP contribution < -0.4 is 10.6 Å². The molecule has 16 heavy (non-hydrogen) atoms. The second-order valence-electron chi connectivity index (χ2n) is 4.14. The highest BCUT2D eigenvalue weighted by Crippen LogP contribution is 2.29. The molecule has 2 heterocycles. The molecule has 1 aromatic heterocycles. The van der Waals surface area contributed by atoms with Crippen LogP contribution in [0.3, 0.4) is 0 Å². The van der Waals surface area contributed by atoms with E-state index in [0.29, 0.717) is 5.92 Å². The normalized spacial score (nSPS) is 22.4. The number of hydrogen-bond acceptors (Lipinski definition) is 5. The van der Waals surface area contributed by atoms with Crippen molar-refractivity contribution in [1.29, 1.82) is 0 Å². The van der Waals surface area contributed by atoms with Crippen molar-refractivity contribution in [2.45, 2.75) is 19.4 Å². The van der Waals surface area contributed by atoms with Crippen LogP contribution in [0.1, 0.15) is 13.3 Å². The molecule has 0 spiro atoms. The molecule has 88 valence electrons. The lowest BCUT2D eigenvalue weighted by Crippen LogP contribution is -2.25. The van der Waals surface area contributed by atoms with Crippen LogP contribution in [0.25, 0.3) is 0 Å². The predicted molar refractivity (Wildman–Crippen MR) is 66.1 cm³/mol. The molecular formula is C10H15BrN4O. The lowest BCUT2D eigenvalue weighted by atomic mass is 10.0. The van der Waals surface area contributed by atoms with Gasteiger partial charge in [-0.1, -0.05) is 0 Å². The van der Waals surface area contributed by atoms with Crippen LogP contribution in [-0.4, -0.2) is 34.3 Å². The van der Waals surface area contributed by atoms with Crippen LogP contribution in [0.5, 0.6) is 0 Å². The van der Waals surface area contributed by atoms with E-state index in [2.05, 4.69) is 30.8 Å². The fourth-order valence-corrected chi connectivity index (χ4v) is 2.41. The lowest BCUT2D eigenvalue weighted by Gasteiger charge is -2.19. The standard InChI is InChI=1S/C10H15BrN4O/c1-6(16)7-2-3-15(5-7)9-8(11)4-13-10(12)14-9/h4,6-7,16H,2-3,5H2,1H3,(H2,12,13,14). The summed E-state index contributed by atoms with van der Waals surface area (Å²) in [6.45, 7) is 3.54. The average molecular weight is 287 g/mol. The summed E-state index contributed by atoms with van der Waals surface area (Å²) in [5.41, 5.74) is 5.57. The fourth-order valence-electron chi connectivity index (χ4n) is 1.97. The van der Waals surface area contributed by atoms with E-state index in [1.807, 2.05) is 6.92 Å². The zero-order valence-corrected chi connectivity index (χ0v) is 10.7. The number of anilines is 2. The summed E-state index contributed by atoms with van der Waals surface area (Å²) in [6.07, 6.45) is 2.37. The molecule has 1 aromatic rings. The van der Waals surface area contributed by atoms with Crippen molar-refractivity contribution in [3.8, 4) is 0 Å². The van der Waals surface area contributed by atoms with Crippen LogP contribution in [0.4, 0.5) is 11.8 Å². The zero-order chi connectivity index (χ0) is 11.7. The third kappa shape index (κ3) is 2.27. The SMILES string of the molecule is CC(O)C1CCN(c2nc(N)ncc2Br)C1. The zero-order valence-electron chi connectivity index (χ0n) is 9.10. The van der Waals surface area contributed by atoms with Crippen molar-refractivity contribution in [2.24, 2.45) is 5.92 Å². The molecule has 2 atom stereocenters. The number of nitrogens with two attached hydrogens (primary N) is 1. The number of nitrogens with zero attached hydrogens (tertiary/aromatic N) is 3. The molecule has 1 aliphatic heterocycles. The number of aliphatic hydroxyl groups excluding tert-OH is 1. The molecule has 1 aliphatic rings. The topological polar surface area (TPSA) is 75.3 Å². The van der Waals surface area contributed by atoms with E-state index < -0.39 is 0 Å². The Morgan fingerprint density at radius 2 is 2.44 bits per heavy atom. The van der Waals surface area contributed by atoms with Crippen LogP contribution in [0.15, 0.2) is 10.7 Å². The molecule has 0 bridgehead atoms. The van der Waals surface area contributed by atoms with Gasteiger partial charge in [-0.2, -0.15) is 4.98 Å². The first-order valence-corrected chi connectivity index (χ1v) is 6.08. The van der Waals surface area contributed by atoms with Crippen LogP contribution in [-0.2, 0) is 0 Å². The number of aliphatic hydroxyl groups is 1. The second kappa shape index (κ2) is 4.55. The molecule has 0 aliphatic carbocycles. The number of nitrogen functional groups attached to an aromatic ring is 1. The smallest absolute Gasteiger partial charge is 0.222 e. The highest BCUT2D eigenvalue weighted by Gasteiger charge is 2.27. The van der Waals surface area contributed by atoms with Crippen molar-refractivity contribution < 1.29 is 5.11 Å². The molecule has 0 aromatic carbocycles. The van der Waals surface area contributed by atoms with Gasteiger partial charge in [-0.05, 0) is 29.3 Å². The summed E-state index contributed by atoms with van der Waals surface area (Å²) in [4.78, 5) is 10.2. The molecule has 0 amide bonds. The van der Waals surface area contributed by atoms with Crippen molar-refractivity contribution >= 4 is 27.7 Å². The predicted octanol–water partition coefficient (Wildman–Crippen LogP) is 1.03. The average Bonchev–Trinajstić information content (AvgIpc) is 2.70. The Balaban J connectivity index is 2.17. The third-order valence-electron chi connectivity index (χ3n) is 2.95. The molecule has 5 nitrogen and oxygen atoms in total. The first-order chi connectivity index (χ1) is 7.58. The summed E-state index contributed by atoms with van der Waals surface area (Å²) >= 11 is 3.41. The minimum Gasteiger partial charge on any atom is -0.393 e. The molecule has 6 heteroatoms. The molecular weight excluding hydrogens is 272 g/mol. The van der Waals surface area contributed by atoms with Crippen LogP contribution in [0, 0.1) is 5.92 Å². The Morgan fingerprint density at radius 3 is 3.06 bits per heavy atom. The highest BCUT2D eigenvalue weighted by atomic mass is 79.9. The Kier molecular flexibility index (Phi) is 3.30. The van der Waals surface area contributed by atoms with Gasteiger partial charge in [0.2, 0.25) is 5.95 Å². The summed E-state index contributed by atoms with van der Waals surface area (Å²) in [5, 5.41) is 9.54. The molecule has 3 N–H and O–H groups in total. The maximum atomic E-state index is 9.54. The van der Waals surface area contributed by atoms with Crippen LogP contribution in [0.2, 0.25) is 0 Å². The van der Waals surface area contributed by atoms with Gasteiger partial charge >= 0.3 is 0 Å². The van der Waals surface area contributed by atoms with Gasteiger partial charge in [-0.15, -0.1) is 0 Å². The van der Waals surface area contributed by atoms with Crippen LogP contribution >= 0.6 is 15.9 Å². The van der Waals surface area contributed by atoms with Gasteiger partial charge in [0.05, 0.1) is 10.6 Å². The summed E-state index contributed by atoms with van der Waals surface area (Å²) in [7, 11) is 0. The fraction of sp³-hybridized carbons (Fsp3) is 0.600. The van der Waals surface area contributed by atoms with E-state index in [0.717, 1.165) is 29.8 Å². The molecule has 0 saturated carbocycles. The molecule has 0 radical (unpaired) electrons. The number of rotatable bonds is 2. The number of hydrogen-bond donors (Lipinski definition) is 2. The number of aromatic nitrogens is 2. The van der Waals surface area contributed by atoms with Crippen molar-refractivity contribution in [1.82, 2.24) is 9.97 Å². The first-order valence-electron chi connectivity index (χ1n) is 5.29. The lowest BCUT2D eigenvalue weighted by molar-refractivity contribution is 0.136. The van der Waals surface area contributed by atoms with E-state index in [4.69, 9.17) is 5.73 Å². The number of halogens is 1. The minimum atomic E-state index is -0.275. The maximum Gasteiger partial charge on any atom is 0.222 e. The monoisotopic (exact) mass is 286 g/mol. The summed E-state index contributed by atoms with van der Waals surface area (Å²) in [6, 6.07) is 0. The van der Waals surface area contributed by atoms with E-state index in [-0.39, 0.29) is 12.1 Å². The third-order valence-corrected chi connectivity index (χ3v) is 3.51. The van der Waals surface area contributed by atoms with E-state index >= 15 is 0 Å². The molecule has 1 fully saturated rings. The highest BCUT2D eigenvalue weighted by molar-refractivity contribution is 9.10. The van der Waals surface area contributed by atoms with Gasteiger partial charge in [0, 0.05) is 25.2 Å². The maximum absolute atomic E-state index is 9.54. The molecule has 2 unspecified atom stereocenters. The van der Waals surface area contributed by atoms with E-state index in [1.54, 1.807) is 6.20 Å². The Hall–Kier alpha value is -0.880. The summed E-state index contributed by atoms with van der Waals surface area (Å²) < 4.78 is 0.841. The van der Waals surface area contributed by atoms with Gasteiger partial charge in [0.1, 0.15) is 5.82 Å². The minimum absolute atomic E-state index is 0.275. The van der Waals surface area contributed by atoms with Gasteiger partial charge in [-0.25, -0.2) is 4.98 Å². The van der Waals surface area contributed by atoms with E-state index in [9.17, 15) is 5.11 Å². The summed E-state index contributed by atoms with van der Waals surface area (Å²) in [5.74, 6) is 1.40. The Labute approximate surface area is 103 Å². The Morgan fingerprint density at radius 1 is 1.69 bits per heavy atom. The Bertz CT molecular complexity index is 385. The van der Waals surface area contributed by atoms with Gasteiger partial charge in [0.25, 0.3) is 0 Å². The molecule has 2 rings (SSSR count). The van der Waals surface area contributed by atoms with Crippen molar-refractivity contribution in [3.63, 3.8) is 0 Å². The van der Waals surface area contributed by atoms with Crippen molar-refractivity contribution in [3.05, 3.63) is 10.7 Å². The second-order valence-corrected chi connectivity index (χ2v) is 4.99. The van der Waals surface area contributed by atoms with Crippen molar-refractivity contribution in [2.75, 3.05) is 23.7 Å². The first kappa shape index (κ1) is 11.6. The van der Waals surface area contributed by atoms with E-state index in [1.165, 1.54) is 0 Å². The van der Waals surface area contributed by atoms with Gasteiger partial charge in [0.15, 0.2) is 0 Å². The quantitative estimate of drug-likeness (QED) is 0.849. The largest absolute Gasteiger partial charge is 0.393 e. The molecule has 1 saturated heterocycles. The van der Waals surface area contributed by atoms with Gasteiger partial charge in [-0.3, -0.25) is 0 Å².